The highest BCUT2D eigenvalue weighted by Gasteiger charge is 2.32. The van der Waals surface area contributed by atoms with Crippen LogP contribution in [-0.4, -0.2) is 21.4 Å². The van der Waals surface area contributed by atoms with Crippen LogP contribution in [0.25, 0.3) is 0 Å². The van der Waals surface area contributed by atoms with Gasteiger partial charge < -0.3 is 0 Å². The summed E-state index contributed by atoms with van der Waals surface area (Å²) in [6.45, 7) is 4.80. The molecule has 1 aliphatic carbocycles. The van der Waals surface area contributed by atoms with Crippen LogP contribution in [0.2, 0.25) is 0 Å². The minimum atomic E-state index is -0.417. The van der Waals surface area contributed by atoms with E-state index in [4.69, 9.17) is 0 Å². The summed E-state index contributed by atoms with van der Waals surface area (Å²) in [5.74, 6) is 0. The average Bonchev–Trinajstić information content (AvgIpc) is 2.97. The van der Waals surface area contributed by atoms with Crippen LogP contribution in [0, 0.1) is 18.3 Å². The normalized spacial score (nSPS) is 19.1. The van der Waals surface area contributed by atoms with E-state index in [2.05, 4.69) is 16.5 Å². The van der Waals surface area contributed by atoms with Gasteiger partial charge in [0.25, 0.3) is 0 Å². The lowest BCUT2D eigenvalue weighted by atomic mass is 10.00. The highest BCUT2D eigenvalue weighted by molar-refractivity contribution is 5.07. The third-order valence-corrected chi connectivity index (χ3v) is 3.10. The number of aromatic nitrogens is 2. The molecule has 1 atom stereocenters. The maximum Gasteiger partial charge on any atom is 0.105 e. The van der Waals surface area contributed by atoms with Gasteiger partial charge in [-0.05, 0) is 39.2 Å². The van der Waals surface area contributed by atoms with Crippen LogP contribution in [0.5, 0.6) is 0 Å². The molecule has 2 rings (SSSR count). The van der Waals surface area contributed by atoms with Crippen molar-refractivity contribution in [3.63, 3.8) is 0 Å². The molecule has 1 aliphatic rings. The first kappa shape index (κ1) is 11.2. The summed E-state index contributed by atoms with van der Waals surface area (Å²) in [5.41, 5.74) is 0.728. The monoisotopic (exact) mass is 218 g/mol. The predicted octanol–water partition coefficient (Wildman–Crippen LogP) is 1.62. The zero-order chi connectivity index (χ0) is 11.6. The predicted molar refractivity (Wildman–Crippen MR) is 61.8 cm³/mol. The highest BCUT2D eigenvalue weighted by atomic mass is 15.3. The van der Waals surface area contributed by atoms with Crippen LogP contribution in [0.15, 0.2) is 12.3 Å². The summed E-state index contributed by atoms with van der Waals surface area (Å²) in [7, 11) is 0. The Bertz CT molecular complexity index is 399. The molecule has 1 saturated carbocycles. The van der Waals surface area contributed by atoms with Gasteiger partial charge in [0.2, 0.25) is 0 Å². The minimum Gasteiger partial charge on any atom is -0.297 e. The van der Waals surface area contributed by atoms with Crippen molar-refractivity contribution >= 4 is 0 Å². The molecule has 4 nitrogen and oxygen atoms in total. The molecular formula is C12H18N4. The summed E-state index contributed by atoms with van der Waals surface area (Å²) in [6, 6.07) is 4.92. The van der Waals surface area contributed by atoms with E-state index in [1.807, 2.05) is 24.6 Å². The van der Waals surface area contributed by atoms with Crippen molar-refractivity contribution in [1.82, 2.24) is 15.1 Å². The van der Waals surface area contributed by atoms with Crippen LogP contribution in [-0.2, 0) is 6.54 Å². The molecular weight excluding hydrogens is 200 g/mol. The van der Waals surface area contributed by atoms with Crippen molar-refractivity contribution in [1.29, 1.82) is 5.26 Å². The molecule has 1 fully saturated rings. The topological polar surface area (TPSA) is 53.6 Å². The Labute approximate surface area is 96.3 Å². The lowest BCUT2D eigenvalue weighted by Gasteiger charge is -2.23. The number of nitriles is 1. The zero-order valence-electron chi connectivity index (χ0n) is 9.90. The third kappa shape index (κ3) is 2.61. The molecule has 1 aromatic rings. The van der Waals surface area contributed by atoms with Gasteiger partial charge in [-0.2, -0.15) is 10.4 Å². The van der Waals surface area contributed by atoms with Crippen LogP contribution in [0.1, 0.15) is 31.9 Å². The van der Waals surface area contributed by atoms with E-state index in [-0.39, 0.29) is 0 Å². The highest BCUT2D eigenvalue weighted by Crippen LogP contribution is 2.24. The molecule has 0 bridgehead atoms. The van der Waals surface area contributed by atoms with Crippen molar-refractivity contribution in [2.45, 2.75) is 51.2 Å². The molecule has 86 valence electrons. The number of rotatable bonds is 5. The van der Waals surface area contributed by atoms with Crippen molar-refractivity contribution in [2.75, 3.05) is 0 Å². The van der Waals surface area contributed by atoms with E-state index in [9.17, 15) is 5.26 Å². The minimum absolute atomic E-state index is 0.417. The fourth-order valence-corrected chi connectivity index (χ4v) is 1.80. The molecule has 0 saturated heterocycles. The molecule has 1 N–H and O–H groups in total. The Kier molecular flexibility index (Phi) is 2.97. The second kappa shape index (κ2) is 4.26. The van der Waals surface area contributed by atoms with Gasteiger partial charge in [-0.1, -0.05) is 0 Å². The van der Waals surface area contributed by atoms with Gasteiger partial charge in [-0.3, -0.25) is 10.00 Å². The number of nitrogens with zero attached hydrogens (tertiary/aromatic N) is 3. The van der Waals surface area contributed by atoms with E-state index in [1.54, 1.807) is 6.20 Å². The van der Waals surface area contributed by atoms with E-state index < -0.39 is 5.54 Å². The molecule has 0 radical (unpaired) electrons. The third-order valence-electron chi connectivity index (χ3n) is 3.10. The first-order valence-electron chi connectivity index (χ1n) is 5.80. The van der Waals surface area contributed by atoms with Gasteiger partial charge in [0.05, 0.1) is 6.07 Å². The van der Waals surface area contributed by atoms with Crippen molar-refractivity contribution in [3.05, 3.63) is 18.0 Å². The number of nitrogens with one attached hydrogen (secondary N) is 1. The quantitative estimate of drug-likeness (QED) is 0.817. The average molecular weight is 218 g/mol. The van der Waals surface area contributed by atoms with Crippen molar-refractivity contribution < 1.29 is 0 Å². The maximum atomic E-state index is 9.22. The van der Waals surface area contributed by atoms with Gasteiger partial charge >= 0.3 is 0 Å². The van der Waals surface area contributed by atoms with Gasteiger partial charge in [-0.15, -0.1) is 0 Å². The largest absolute Gasteiger partial charge is 0.297 e. The van der Waals surface area contributed by atoms with Crippen LogP contribution < -0.4 is 5.32 Å². The lowest BCUT2D eigenvalue weighted by molar-refractivity contribution is 0.377. The molecule has 0 aromatic carbocycles. The maximum absolute atomic E-state index is 9.22. The molecule has 16 heavy (non-hydrogen) atoms. The summed E-state index contributed by atoms with van der Waals surface area (Å²) >= 11 is 0. The Morgan fingerprint density at radius 3 is 2.94 bits per heavy atom. The molecule has 1 heterocycles. The number of aryl methyl sites for hydroxylation is 2. The first-order chi connectivity index (χ1) is 7.63. The van der Waals surface area contributed by atoms with Gasteiger partial charge in [0.1, 0.15) is 5.54 Å². The summed E-state index contributed by atoms with van der Waals surface area (Å²) in [4.78, 5) is 0. The molecule has 4 heteroatoms. The van der Waals surface area contributed by atoms with Crippen LogP contribution in [0.4, 0.5) is 0 Å². The zero-order valence-corrected chi connectivity index (χ0v) is 9.90. The van der Waals surface area contributed by atoms with E-state index in [1.165, 1.54) is 12.8 Å². The van der Waals surface area contributed by atoms with Crippen LogP contribution >= 0.6 is 0 Å². The summed E-state index contributed by atoms with van der Waals surface area (Å²) in [6.07, 6.45) is 5.01. The number of hydrogen-bond acceptors (Lipinski definition) is 3. The fourth-order valence-electron chi connectivity index (χ4n) is 1.80. The molecule has 1 aromatic heterocycles. The molecule has 0 spiro atoms. The van der Waals surface area contributed by atoms with Crippen molar-refractivity contribution in [2.24, 2.45) is 0 Å². The standard InChI is InChI=1S/C12H18N4/c1-10-5-7-14-16(10)8-6-12(2,9-13)15-11-3-4-11/h5,7,11,15H,3-4,6,8H2,1-2H3. The smallest absolute Gasteiger partial charge is 0.105 e. The lowest BCUT2D eigenvalue weighted by Crippen LogP contribution is -2.43. The van der Waals surface area contributed by atoms with E-state index >= 15 is 0 Å². The van der Waals surface area contributed by atoms with Crippen molar-refractivity contribution in [3.8, 4) is 6.07 Å². The first-order valence-corrected chi connectivity index (χ1v) is 5.80. The van der Waals surface area contributed by atoms with Gasteiger partial charge in [0, 0.05) is 24.5 Å². The fraction of sp³-hybridized carbons (Fsp3) is 0.667. The van der Waals surface area contributed by atoms with E-state index in [0.29, 0.717) is 6.04 Å². The van der Waals surface area contributed by atoms with E-state index in [0.717, 1.165) is 18.7 Å². The second-order valence-corrected chi connectivity index (χ2v) is 4.81. The Balaban J connectivity index is 1.92. The Morgan fingerprint density at radius 2 is 2.44 bits per heavy atom. The number of hydrogen-bond donors (Lipinski definition) is 1. The molecule has 1 unspecified atom stereocenters. The van der Waals surface area contributed by atoms with Crippen LogP contribution in [0.3, 0.4) is 0 Å². The Hall–Kier alpha value is -1.34. The van der Waals surface area contributed by atoms with Gasteiger partial charge in [0.15, 0.2) is 0 Å². The summed E-state index contributed by atoms with van der Waals surface area (Å²) < 4.78 is 1.95. The molecule has 0 amide bonds. The summed E-state index contributed by atoms with van der Waals surface area (Å²) in [5, 5.41) is 16.8. The Morgan fingerprint density at radius 1 is 1.69 bits per heavy atom. The molecule has 0 aliphatic heterocycles. The van der Waals surface area contributed by atoms with Gasteiger partial charge in [-0.25, -0.2) is 0 Å². The second-order valence-electron chi connectivity index (χ2n) is 4.81. The SMILES string of the molecule is Cc1ccnn1CCC(C)(C#N)NC1CC1.